The molecule has 1 aliphatic rings. The van der Waals surface area contributed by atoms with Crippen LogP contribution in [0.25, 0.3) is 0 Å². The number of rotatable bonds is 5. The summed E-state index contributed by atoms with van der Waals surface area (Å²) in [6.45, 7) is 3.85. The number of hydrogen-bond donors (Lipinski definition) is 1. The van der Waals surface area contributed by atoms with Crippen LogP contribution in [0, 0.1) is 5.82 Å². The smallest absolute Gasteiger partial charge is 0.258 e. The molecule has 0 bridgehead atoms. The van der Waals surface area contributed by atoms with E-state index in [0.717, 1.165) is 18.4 Å². The number of nitrogens with zero attached hydrogens (tertiary/aromatic N) is 1. The van der Waals surface area contributed by atoms with E-state index >= 15 is 0 Å². The predicted octanol–water partition coefficient (Wildman–Crippen LogP) is 3.11. The van der Waals surface area contributed by atoms with E-state index in [0.29, 0.717) is 12.2 Å². The number of sulfonamides is 1. The fourth-order valence-electron chi connectivity index (χ4n) is 3.31. The van der Waals surface area contributed by atoms with Gasteiger partial charge < -0.3 is 9.64 Å². The zero-order valence-corrected chi connectivity index (χ0v) is 16.8. The SMILES string of the molecule is COc1ccc(C(=O)N2CCCc3ccc(F)cc32)cc1S(=O)(=O)NC(C)C. The molecule has 8 heteroatoms. The number of halogens is 1. The van der Waals surface area contributed by atoms with Gasteiger partial charge in [0.2, 0.25) is 10.0 Å². The van der Waals surface area contributed by atoms with Crippen LogP contribution < -0.4 is 14.4 Å². The number of anilines is 1. The molecule has 0 radical (unpaired) electrons. The third kappa shape index (κ3) is 4.02. The largest absolute Gasteiger partial charge is 0.495 e. The van der Waals surface area contributed by atoms with E-state index in [1.165, 1.54) is 42.3 Å². The third-order valence-electron chi connectivity index (χ3n) is 4.50. The van der Waals surface area contributed by atoms with Crippen LogP contribution >= 0.6 is 0 Å². The van der Waals surface area contributed by atoms with Crippen LogP contribution in [0.1, 0.15) is 36.2 Å². The number of hydrogen-bond acceptors (Lipinski definition) is 4. The Morgan fingerprint density at radius 3 is 2.64 bits per heavy atom. The van der Waals surface area contributed by atoms with Crippen LogP contribution in [0.5, 0.6) is 5.75 Å². The van der Waals surface area contributed by atoms with Gasteiger partial charge in [0.1, 0.15) is 16.5 Å². The highest BCUT2D eigenvalue weighted by Crippen LogP contribution is 2.31. The first-order valence-corrected chi connectivity index (χ1v) is 10.5. The van der Waals surface area contributed by atoms with Crippen molar-refractivity contribution in [3.63, 3.8) is 0 Å². The molecule has 28 heavy (non-hydrogen) atoms. The number of aryl methyl sites for hydroxylation is 1. The lowest BCUT2D eigenvalue weighted by Crippen LogP contribution is -2.36. The second kappa shape index (κ2) is 7.89. The number of methoxy groups -OCH3 is 1. The number of benzene rings is 2. The average Bonchev–Trinajstić information content (AvgIpc) is 2.65. The monoisotopic (exact) mass is 406 g/mol. The van der Waals surface area contributed by atoms with E-state index in [4.69, 9.17) is 4.74 Å². The lowest BCUT2D eigenvalue weighted by atomic mass is 10.0. The van der Waals surface area contributed by atoms with Crippen molar-refractivity contribution in [1.29, 1.82) is 0 Å². The van der Waals surface area contributed by atoms with E-state index in [1.54, 1.807) is 19.9 Å². The standard InChI is InChI=1S/C20H23FN2O4S/c1-13(2)22-28(25,26)19-11-15(7-9-18(19)27-3)20(24)23-10-4-5-14-6-8-16(21)12-17(14)23/h6-9,11-13,22H,4-5,10H2,1-3H3. The second-order valence-corrected chi connectivity index (χ2v) is 8.66. The highest BCUT2D eigenvalue weighted by atomic mass is 32.2. The maximum absolute atomic E-state index is 13.7. The molecule has 1 amide bonds. The molecule has 0 aliphatic carbocycles. The van der Waals surface area contributed by atoms with Crippen LogP contribution in [-0.2, 0) is 16.4 Å². The summed E-state index contributed by atoms with van der Waals surface area (Å²) in [5, 5.41) is 0. The molecule has 0 aromatic heterocycles. The van der Waals surface area contributed by atoms with Gasteiger partial charge in [0.15, 0.2) is 0 Å². The molecule has 6 nitrogen and oxygen atoms in total. The van der Waals surface area contributed by atoms with Crippen molar-refractivity contribution in [2.24, 2.45) is 0 Å². The first kappa shape index (κ1) is 20.3. The lowest BCUT2D eigenvalue weighted by Gasteiger charge is -2.29. The van der Waals surface area contributed by atoms with Gasteiger partial charge in [0.05, 0.1) is 12.8 Å². The number of ether oxygens (including phenoxy) is 1. The zero-order valence-electron chi connectivity index (χ0n) is 16.0. The van der Waals surface area contributed by atoms with Crippen molar-refractivity contribution in [3.05, 3.63) is 53.3 Å². The summed E-state index contributed by atoms with van der Waals surface area (Å²) in [5.74, 6) is -0.650. The van der Waals surface area contributed by atoms with Crippen LogP contribution in [0.3, 0.4) is 0 Å². The van der Waals surface area contributed by atoms with Crippen molar-refractivity contribution in [3.8, 4) is 5.75 Å². The summed E-state index contributed by atoms with van der Waals surface area (Å²) in [7, 11) is -2.49. The molecule has 2 aromatic rings. The molecule has 0 unspecified atom stereocenters. The molecule has 0 atom stereocenters. The quantitative estimate of drug-likeness (QED) is 0.828. The average molecular weight is 406 g/mol. The molecule has 150 valence electrons. The Bertz CT molecular complexity index is 1010. The molecule has 0 saturated heterocycles. The van der Waals surface area contributed by atoms with E-state index in [9.17, 15) is 17.6 Å². The van der Waals surface area contributed by atoms with Gasteiger partial charge in [-0.15, -0.1) is 0 Å². The lowest BCUT2D eigenvalue weighted by molar-refractivity contribution is 0.0985. The normalized spacial score (nSPS) is 14.1. The molecule has 1 heterocycles. The maximum Gasteiger partial charge on any atom is 0.258 e. The molecule has 1 N–H and O–H groups in total. The molecular formula is C20H23FN2O4S. The minimum atomic E-state index is -3.86. The second-order valence-electron chi connectivity index (χ2n) is 6.98. The van der Waals surface area contributed by atoms with Crippen molar-refractivity contribution >= 4 is 21.6 Å². The van der Waals surface area contributed by atoms with Crippen LogP contribution in [-0.4, -0.2) is 34.0 Å². The van der Waals surface area contributed by atoms with Gasteiger partial charge in [-0.3, -0.25) is 4.79 Å². The third-order valence-corrected chi connectivity index (χ3v) is 6.18. The Balaban J connectivity index is 2.03. The van der Waals surface area contributed by atoms with Crippen LogP contribution in [0.4, 0.5) is 10.1 Å². The fourth-order valence-corrected chi connectivity index (χ4v) is 4.75. The Labute approximate surface area is 164 Å². The van der Waals surface area contributed by atoms with Crippen molar-refractivity contribution in [1.82, 2.24) is 4.72 Å². The Morgan fingerprint density at radius 1 is 1.21 bits per heavy atom. The highest BCUT2D eigenvalue weighted by molar-refractivity contribution is 7.89. The number of amides is 1. The van der Waals surface area contributed by atoms with Crippen LogP contribution in [0.2, 0.25) is 0 Å². The highest BCUT2D eigenvalue weighted by Gasteiger charge is 2.27. The van der Waals surface area contributed by atoms with Gasteiger partial charge in [0.25, 0.3) is 5.91 Å². The van der Waals surface area contributed by atoms with Crippen molar-refractivity contribution in [2.45, 2.75) is 37.6 Å². The maximum atomic E-state index is 13.7. The summed E-state index contributed by atoms with van der Waals surface area (Å²) >= 11 is 0. The summed E-state index contributed by atoms with van der Waals surface area (Å²) in [6, 6.07) is 8.36. The number of carbonyl (C=O) groups excluding carboxylic acids is 1. The molecule has 0 spiro atoms. The first-order chi connectivity index (χ1) is 13.2. The number of nitrogens with one attached hydrogen (secondary N) is 1. The van der Waals surface area contributed by atoms with E-state index < -0.39 is 15.8 Å². The van der Waals surface area contributed by atoms with Gasteiger partial charge in [-0.1, -0.05) is 6.07 Å². The summed E-state index contributed by atoms with van der Waals surface area (Å²) in [5.41, 5.74) is 1.61. The van der Waals surface area contributed by atoms with Gasteiger partial charge in [0, 0.05) is 18.2 Å². The molecule has 0 saturated carbocycles. The van der Waals surface area contributed by atoms with Gasteiger partial charge >= 0.3 is 0 Å². The van der Waals surface area contributed by atoms with Crippen molar-refractivity contribution in [2.75, 3.05) is 18.6 Å². The van der Waals surface area contributed by atoms with Crippen LogP contribution in [0.15, 0.2) is 41.3 Å². The number of fused-ring (bicyclic) bond motifs is 1. The molecule has 2 aromatic carbocycles. The Morgan fingerprint density at radius 2 is 1.96 bits per heavy atom. The first-order valence-electron chi connectivity index (χ1n) is 9.03. The zero-order chi connectivity index (χ0) is 20.5. The summed E-state index contributed by atoms with van der Waals surface area (Å²) in [4.78, 5) is 14.5. The van der Waals surface area contributed by atoms with Crippen molar-refractivity contribution < 1.29 is 22.3 Å². The Kier molecular flexibility index (Phi) is 5.71. The molecule has 0 fully saturated rings. The van der Waals surface area contributed by atoms with E-state index in [1.807, 2.05) is 0 Å². The molecular weight excluding hydrogens is 383 g/mol. The minimum Gasteiger partial charge on any atom is -0.495 e. The van der Waals surface area contributed by atoms with E-state index in [2.05, 4.69) is 4.72 Å². The molecule has 3 rings (SSSR count). The van der Waals surface area contributed by atoms with Gasteiger partial charge in [-0.05, 0) is 62.6 Å². The van der Waals surface area contributed by atoms with Gasteiger partial charge in [-0.2, -0.15) is 0 Å². The summed E-state index contributed by atoms with van der Waals surface area (Å²) < 4.78 is 46.7. The Hall–Kier alpha value is -2.45. The van der Waals surface area contributed by atoms with Gasteiger partial charge in [-0.25, -0.2) is 17.5 Å². The topological polar surface area (TPSA) is 75.7 Å². The molecule has 1 aliphatic heterocycles. The van der Waals surface area contributed by atoms with E-state index in [-0.39, 0.29) is 28.2 Å². The number of carbonyl (C=O) groups is 1. The predicted molar refractivity (Wildman–Crippen MR) is 105 cm³/mol. The fraction of sp³-hybridized carbons (Fsp3) is 0.350. The minimum absolute atomic E-state index is 0.106. The summed E-state index contributed by atoms with van der Waals surface area (Å²) in [6.07, 6.45) is 1.51.